The first-order valence-electron chi connectivity index (χ1n) is 11.1. The van der Waals surface area contributed by atoms with Gasteiger partial charge in [0.1, 0.15) is 12.6 Å². The summed E-state index contributed by atoms with van der Waals surface area (Å²) in [5.74, 6) is -0.945. The number of unbranched alkanes of at least 4 members (excludes halogenated alkanes) is 6. The highest BCUT2D eigenvalue weighted by molar-refractivity contribution is 7.40. The van der Waals surface area contributed by atoms with Crippen LogP contribution in [0, 0.1) is 0 Å². The minimum atomic E-state index is -2.07. The molecule has 0 radical (unpaired) electrons. The molecule has 0 spiro atoms. The van der Waals surface area contributed by atoms with Crippen LogP contribution in [0.3, 0.4) is 0 Å². The fourth-order valence-corrected chi connectivity index (χ4v) is 3.77. The Hall–Kier alpha value is -0.300. The van der Waals surface area contributed by atoms with Crippen molar-refractivity contribution in [1.29, 1.82) is 0 Å². The number of carbonyl (C=O) groups is 1. The minimum absolute atomic E-state index is 0.150. The summed E-state index contributed by atoms with van der Waals surface area (Å²) in [6.45, 7) is 5.91. The van der Waals surface area contributed by atoms with Crippen LogP contribution in [0.2, 0.25) is 0 Å². The summed E-state index contributed by atoms with van der Waals surface area (Å²) in [6, 6.07) is 0. The van der Waals surface area contributed by atoms with Crippen molar-refractivity contribution >= 4 is 14.6 Å². The molecule has 7 nitrogen and oxygen atoms in total. The van der Waals surface area contributed by atoms with Crippen molar-refractivity contribution in [3.8, 4) is 0 Å². The molecule has 0 saturated carbocycles. The van der Waals surface area contributed by atoms with Gasteiger partial charge in [0.2, 0.25) is 0 Å². The van der Waals surface area contributed by atoms with Gasteiger partial charge in [-0.15, -0.1) is 0 Å². The Kier molecular flexibility index (Phi) is 17.2. The molecule has 8 heteroatoms. The fourth-order valence-electron chi connectivity index (χ4n) is 3.03. The number of carboxylic acid groups (broad SMARTS) is 1. The summed E-state index contributed by atoms with van der Waals surface area (Å²) in [4.78, 5) is 20.9. The van der Waals surface area contributed by atoms with Gasteiger partial charge in [-0.2, -0.15) is 0 Å². The third-order valence-corrected chi connectivity index (χ3v) is 5.38. The molecule has 0 aliphatic carbocycles. The van der Waals surface area contributed by atoms with E-state index in [1.807, 2.05) is 21.1 Å². The molecule has 0 heterocycles. The van der Waals surface area contributed by atoms with Gasteiger partial charge in [0.05, 0.1) is 40.3 Å². The Balaban J connectivity index is 3.75. The van der Waals surface area contributed by atoms with Crippen LogP contribution in [-0.4, -0.2) is 73.6 Å². The van der Waals surface area contributed by atoms with Gasteiger partial charge in [0, 0.05) is 6.61 Å². The molecule has 174 valence electrons. The van der Waals surface area contributed by atoms with E-state index in [-0.39, 0.29) is 12.5 Å². The lowest BCUT2D eigenvalue weighted by molar-refractivity contribution is -0.873. The van der Waals surface area contributed by atoms with Crippen LogP contribution in [-0.2, 0) is 18.6 Å². The zero-order valence-corrected chi connectivity index (χ0v) is 20.2. The van der Waals surface area contributed by atoms with E-state index in [0.717, 1.165) is 19.3 Å². The van der Waals surface area contributed by atoms with Gasteiger partial charge in [0.25, 0.3) is 0 Å². The standard InChI is InChI=1S/C21H44NO6P/c1-6-7-8-9-10-11-14-19(2)26-15-12-13-16-27-29(25)28-20(17-21(23)24)18-22(3,4)5/h19-20,25H,6-18H2,1-5H3/p+1/t19?,20?,29-/m0/s1. The second-order valence-electron chi connectivity index (χ2n) is 8.81. The number of nitrogens with zero attached hydrogens (tertiary/aromatic N) is 1. The number of rotatable bonds is 20. The molecule has 0 fully saturated rings. The first-order valence-corrected chi connectivity index (χ1v) is 12.2. The molecule has 2 N–H and O–H groups in total. The molecular formula is C21H45NO6P+. The van der Waals surface area contributed by atoms with Gasteiger partial charge in [0.15, 0.2) is 0 Å². The molecule has 0 rings (SSSR count). The quantitative estimate of drug-likeness (QED) is 0.162. The highest BCUT2D eigenvalue weighted by Crippen LogP contribution is 2.35. The zero-order chi connectivity index (χ0) is 22.1. The summed E-state index contributed by atoms with van der Waals surface area (Å²) in [7, 11) is 3.79. The first-order chi connectivity index (χ1) is 13.6. The van der Waals surface area contributed by atoms with Crippen LogP contribution in [0.25, 0.3) is 0 Å². The maximum atomic E-state index is 11.0. The Morgan fingerprint density at radius 3 is 2.24 bits per heavy atom. The average Bonchev–Trinajstić information content (AvgIpc) is 2.58. The smallest absolute Gasteiger partial charge is 0.330 e. The van der Waals surface area contributed by atoms with Gasteiger partial charge in [-0.25, -0.2) is 0 Å². The highest BCUT2D eigenvalue weighted by atomic mass is 31.2. The molecule has 0 aliphatic rings. The molecule has 0 aliphatic heterocycles. The molecule has 0 aromatic carbocycles. The molecule has 0 bridgehead atoms. The molecule has 29 heavy (non-hydrogen) atoms. The van der Waals surface area contributed by atoms with E-state index in [9.17, 15) is 9.69 Å². The number of likely N-dealkylation sites (N-methyl/N-ethyl adjacent to an activating group) is 1. The van der Waals surface area contributed by atoms with E-state index in [0.29, 0.717) is 24.2 Å². The van der Waals surface area contributed by atoms with Crippen molar-refractivity contribution in [2.75, 3.05) is 40.9 Å². The predicted molar refractivity (Wildman–Crippen MR) is 118 cm³/mol. The van der Waals surface area contributed by atoms with E-state index < -0.39 is 20.7 Å². The third kappa shape index (κ3) is 20.7. The van der Waals surface area contributed by atoms with Crippen LogP contribution in [0.5, 0.6) is 0 Å². The predicted octanol–water partition coefficient (Wildman–Crippen LogP) is 4.72. The lowest BCUT2D eigenvalue weighted by Gasteiger charge is -2.29. The first kappa shape index (κ1) is 28.7. The van der Waals surface area contributed by atoms with Gasteiger partial charge < -0.3 is 28.3 Å². The van der Waals surface area contributed by atoms with E-state index in [1.165, 1.54) is 38.5 Å². The van der Waals surface area contributed by atoms with Crippen LogP contribution >= 0.6 is 8.60 Å². The number of ether oxygens (including phenoxy) is 1. The Labute approximate surface area is 179 Å². The second-order valence-corrected chi connectivity index (χ2v) is 9.76. The fraction of sp³-hybridized carbons (Fsp3) is 0.952. The maximum Gasteiger partial charge on any atom is 0.330 e. The summed E-state index contributed by atoms with van der Waals surface area (Å²) in [6.07, 6.45) is 10.1. The van der Waals surface area contributed by atoms with Crippen LogP contribution in [0.15, 0.2) is 0 Å². The molecule has 0 amide bonds. The maximum absolute atomic E-state index is 11.0. The third-order valence-electron chi connectivity index (χ3n) is 4.50. The molecule has 2 unspecified atom stereocenters. The summed E-state index contributed by atoms with van der Waals surface area (Å²) >= 11 is 0. The summed E-state index contributed by atoms with van der Waals surface area (Å²) in [5, 5.41) is 9.00. The van der Waals surface area contributed by atoms with Gasteiger partial charge in [-0.3, -0.25) is 4.79 Å². The Bertz CT molecular complexity index is 405. The Morgan fingerprint density at radius 2 is 1.62 bits per heavy atom. The number of hydrogen-bond donors (Lipinski definition) is 2. The van der Waals surface area contributed by atoms with E-state index in [2.05, 4.69) is 13.8 Å². The topological polar surface area (TPSA) is 85.2 Å². The molecule has 3 atom stereocenters. The van der Waals surface area contributed by atoms with Crippen LogP contribution in [0.4, 0.5) is 0 Å². The zero-order valence-electron chi connectivity index (χ0n) is 19.3. The van der Waals surface area contributed by atoms with Gasteiger partial charge >= 0.3 is 14.6 Å². The molecule has 0 aromatic heterocycles. The minimum Gasteiger partial charge on any atom is -0.481 e. The highest BCUT2D eigenvalue weighted by Gasteiger charge is 2.25. The van der Waals surface area contributed by atoms with E-state index >= 15 is 0 Å². The van der Waals surface area contributed by atoms with Crippen molar-refractivity contribution < 1.29 is 33.1 Å². The number of quaternary nitrogens is 1. The number of carboxylic acids is 1. The van der Waals surface area contributed by atoms with Crippen molar-refractivity contribution in [3.05, 3.63) is 0 Å². The molecule has 0 aromatic rings. The van der Waals surface area contributed by atoms with Crippen LogP contribution in [0.1, 0.15) is 78.1 Å². The lowest BCUT2D eigenvalue weighted by atomic mass is 10.1. The Morgan fingerprint density at radius 1 is 1.00 bits per heavy atom. The summed E-state index contributed by atoms with van der Waals surface area (Å²) < 4.78 is 17.1. The largest absolute Gasteiger partial charge is 0.481 e. The second kappa shape index (κ2) is 17.4. The van der Waals surface area contributed by atoms with Crippen molar-refractivity contribution in [2.45, 2.75) is 90.3 Å². The van der Waals surface area contributed by atoms with Crippen molar-refractivity contribution in [2.24, 2.45) is 0 Å². The summed E-state index contributed by atoms with van der Waals surface area (Å²) in [5.41, 5.74) is 0. The molecular weight excluding hydrogens is 393 g/mol. The monoisotopic (exact) mass is 438 g/mol. The van der Waals surface area contributed by atoms with Crippen LogP contribution < -0.4 is 0 Å². The van der Waals surface area contributed by atoms with E-state index in [4.69, 9.17) is 18.9 Å². The SMILES string of the molecule is CCCCCCCCC(C)OCCCCO[P@](O)OC(CC(=O)O)C[N+](C)(C)C. The average molecular weight is 439 g/mol. The lowest BCUT2D eigenvalue weighted by Crippen LogP contribution is -2.42. The number of hydrogen-bond acceptors (Lipinski definition) is 5. The normalized spacial score (nSPS) is 15.2. The van der Waals surface area contributed by atoms with Crippen molar-refractivity contribution in [1.82, 2.24) is 0 Å². The van der Waals surface area contributed by atoms with Gasteiger partial charge in [-0.05, 0) is 26.2 Å². The van der Waals surface area contributed by atoms with E-state index in [1.54, 1.807) is 0 Å². The molecule has 0 saturated heterocycles. The number of aliphatic carboxylic acids is 1. The van der Waals surface area contributed by atoms with Gasteiger partial charge in [-0.1, -0.05) is 45.4 Å². The van der Waals surface area contributed by atoms with Crippen molar-refractivity contribution in [3.63, 3.8) is 0 Å².